The van der Waals surface area contributed by atoms with Gasteiger partial charge in [-0.15, -0.1) is 0 Å². The maximum atomic E-state index is 12.7. The summed E-state index contributed by atoms with van der Waals surface area (Å²) < 4.78 is 1.74. The first-order valence-corrected chi connectivity index (χ1v) is 6.85. The molecule has 3 nitrogen and oxygen atoms in total. The van der Waals surface area contributed by atoms with Crippen molar-refractivity contribution >= 4 is 28.6 Å². The van der Waals surface area contributed by atoms with E-state index in [1.54, 1.807) is 22.9 Å². The lowest BCUT2D eigenvalue weighted by atomic mass is 10.1. The third-order valence-electron chi connectivity index (χ3n) is 3.24. The molecule has 0 aliphatic carbocycles. The molecule has 0 N–H and O–H groups in total. The van der Waals surface area contributed by atoms with Crippen LogP contribution in [0.4, 0.5) is 0 Å². The smallest absolute Gasteiger partial charge is 0.260 e. The summed E-state index contributed by atoms with van der Waals surface area (Å²) in [5.41, 5.74) is 0.845. The quantitative estimate of drug-likeness (QED) is 0.788. The lowest BCUT2D eigenvalue weighted by Gasteiger charge is -2.17. The van der Waals surface area contributed by atoms with Gasteiger partial charge in [0.2, 0.25) is 0 Å². The minimum atomic E-state index is -0.0631. The highest BCUT2D eigenvalue weighted by molar-refractivity contribution is 6.35. The average Bonchev–Trinajstić information content (AvgIpc) is 2.38. The number of allylic oxidation sites excluding steroid dienone is 1. The maximum absolute atomic E-state index is 12.7. The van der Waals surface area contributed by atoms with E-state index in [-0.39, 0.29) is 11.6 Å². The molecule has 0 spiro atoms. The first-order chi connectivity index (χ1) is 9.56. The Morgan fingerprint density at radius 1 is 1.50 bits per heavy atom. The number of hydrogen-bond donors (Lipinski definition) is 0. The summed E-state index contributed by atoms with van der Waals surface area (Å²) in [7, 11) is 0. The van der Waals surface area contributed by atoms with E-state index in [4.69, 9.17) is 11.6 Å². The Balaban J connectivity index is 2.59. The number of benzene rings is 1. The minimum Gasteiger partial charge on any atom is -0.308 e. The monoisotopic (exact) mass is 288 g/mol. The predicted molar refractivity (Wildman–Crippen MR) is 86.2 cm³/mol. The molecule has 0 saturated carbocycles. The summed E-state index contributed by atoms with van der Waals surface area (Å²) >= 11 is 6.16. The van der Waals surface area contributed by atoms with E-state index in [0.29, 0.717) is 17.0 Å². The molecule has 0 fully saturated rings. The fraction of sp³-hybridized carbons (Fsp3) is 0.250. The number of aryl methyl sites for hydroxylation is 1. The van der Waals surface area contributed by atoms with Crippen LogP contribution in [0.15, 0.2) is 46.7 Å². The number of pyridine rings is 1. The number of aliphatic imine (C=N–C) groups is 1. The molecule has 1 aromatic heterocycles. The Kier molecular flexibility index (Phi) is 4.40. The van der Waals surface area contributed by atoms with E-state index in [0.717, 1.165) is 11.1 Å². The molecular formula is C16H17ClN2O. The van der Waals surface area contributed by atoms with Gasteiger partial charge >= 0.3 is 0 Å². The number of nitrogens with zero attached hydrogens (tertiary/aromatic N) is 2. The van der Waals surface area contributed by atoms with Gasteiger partial charge in [-0.3, -0.25) is 9.79 Å². The van der Waals surface area contributed by atoms with Crippen LogP contribution in [0.1, 0.15) is 18.7 Å². The maximum Gasteiger partial charge on any atom is 0.260 e. The van der Waals surface area contributed by atoms with Crippen molar-refractivity contribution in [1.82, 2.24) is 4.57 Å². The summed E-state index contributed by atoms with van der Waals surface area (Å²) in [4.78, 5) is 16.9. The van der Waals surface area contributed by atoms with Gasteiger partial charge < -0.3 is 4.57 Å². The van der Waals surface area contributed by atoms with Gasteiger partial charge in [0, 0.05) is 11.9 Å². The average molecular weight is 289 g/mol. The SMILES string of the molecule is C=C/C=N\CC(C)n1c(C)cc2cccc(Cl)c2c1=O. The molecule has 1 unspecified atom stereocenters. The van der Waals surface area contributed by atoms with Crippen LogP contribution in [0.5, 0.6) is 0 Å². The van der Waals surface area contributed by atoms with Crippen LogP contribution in [0.2, 0.25) is 5.02 Å². The topological polar surface area (TPSA) is 34.4 Å². The van der Waals surface area contributed by atoms with Crippen LogP contribution in [-0.2, 0) is 0 Å². The van der Waals surface area contributed by atoms with Crippen molar-refractivity contribution in [3.8, 4) is 0 Å². The van der Waals surface area contributed by atoms with Gasteiger partial charge in [-0.2, -0.15) is 0 Å². The van der Waals surface area contributed by atoms with Gasteiger partial charge in [0.05, 0.1) is 23.0 Å². The molecule has 2 aromatic rings. The van der Waals surface area contributed by atoms with Crippen molar-refractivity contribution in [3.63, 3.8) is 0 Å². The molecule has 1 aromatic carbocycles. The fourth-order valence-corrected chi connectivity index (χ4v) is 2.64. The molecule has 0 saturated heterocycles. The number of rotatable bonds is 4. The second kappa shape index (κ2) is 6.06. The summed E-state index contributed by atoms with van der Waals surface area (Å²) in [6.45, 7) is 8.01. The van der Waals surface area contributed by atoms with E-state index in [1.165, 1.54) is 0 Å². The Bertz CT molecular complexity index is 731. The number of halogens is 1. The Morgan fingerprint density at radius 2 is 2.25 bits per heavy atom. The molecule has 0 bridgehead atoms. The zero-order valence-corrected chi connectivity index (χ0v) is 12.4. The largest absolute Gasteiger partial charge is 0.308 e. The van der Waals surface area contributed by atoms with Gasteiger partial charge in [-0.05, 0) is 31.4 Å². The molecule has 4 heteroatoms. The Labute approximate surface area is 123 Å². The molecule has 0 aliphatic rings. The van der Waals surface area contributed by atoms with Crippen LogP contribution < -0.4 is 5.56 Å². The van der Waals surface area contributed by atoms with Crippen LogP contribution in [0.3, 0.4) is 0 Å². The van der Waals surface area contributed by atoms with Crippen molar-refractivity contribution in [2.75, 3.05) is 6.54 Å². The number of aromatic nitrogens is 1. The first-order valence-electron chi connectivity index (χ1n) is 6.47. The number of fused-ring (bicyclic) bond motifs is 1. The normalized spacial score (nSPS) is 12.9. The highest BCUT2D eigenvalue weighted by Crippen LogP contribution is 2.22. The van der Waals surface area contributed by atoms with Crippen LogP contribution in [0.25, 0.3) is 10.8 Å². The molecule has 1 heterocycles. The van der Waals surface area contributed by atoms with Crippen molar-refractivity contribution in [2.45, 2.75) is 19.9 Å². The van der Waals surface area contributed by atoms with Crippen LogP contribution >= 0.6 is 11.6 Å². The third-order valence-corrected chi connectivity index (χ3v) is 3.56. The Morgan fingerprint density at radius 3 is 2.95 bits per heavy atom. The van der Waals surface area contributed by atoms with Crippen LogP contribution in [-0.4, -0.2) is 17.3 Å². The molecular weight excluding hydrogens is 272 g/mol. The van der Waals surface area contributed by atoms with E-state index in [9.17, 15) is 4.79 Å². The van der Waals surface area contributed by atoms with Crippen molar-refractivity contribution in [3.05, 3.63) is 58.0 Å². The molecule has 0 aliphatic heterocycles. The molecule has 0 amide bonds. The molecule has 20 heavy (non-hydrogen) atoms. The molecule has 104 valence electrons. The zero-order valence-electron chi connectivity index (χ0n) is 11.6. The van der Waals surface area contributed by atoms with Crippen molar-refractivity contribution in [1.29, 1.82) is 0 Å². The second-order valence-corrected chi connectivity index (χ2v) is 5.17. The lowest BCUT2D eigenvalue weighted by Crippen LogP contribution is -2.27. The third kappa shape index (κ3) is 2.68. The molecule has 1 atom stereocenters. The highest BCUT2D eigenvalue weighted by Gasteiger charge is 2.13. The van der Waals surface area contributed by atoms with E-state index >= 15 is 0 Å². The predicted octanol–water partition coefficient (Wildman–Crippen LogP) is 3.78. The minimum absolute atomic E-state index is 0.0284. The zero-order chi connectivity index (χ0) is 14.7. The fourth-order valence-electron chi connectivity index (χ4n) is 2.38. The summed E-state index contributed by atoms with van der Waals surface area (Å²) in [6, 6.07) is 7.45. The van der Waals surface area contributed by atoms with E-state index < -0.39 is 0 Å². The van der Waals surface area contributed by atoms with Gasteiger partial charge in [0.25, 0.3) is 5.56 Å². The Hall–Kier alpha value is -1.87. The van der Waals surface area contributed by atoms with Crippen molar-refractivity contribution < 1.29 is 0 Å². The van der Waals surface area contributed by atoms with Gasteiger partial charge in [0.1, 0.15) is 0 Å². The molecule has 0 radical (unpaired) electrons. The summed E-state index contributed by atoms with van der Waals surface area (Å²) in [6.07, 6.45) is 3.27. The van der Waals surface area contributed by atoms with E-state index in [2.05, 4.69) is 11.6 Å². The molecule has 2 rings (SSSR count). The van der Waals surface area contributed by atoms with Crippen LogP contribution in [0, 0.1) is 6.92 Å². The number of hydrogen-bond acceptors (Lipinski definition) is 2. The second-order valence-electron chi connectivity index (χ2n) is 4.76. The van der Waals surface area contributed by atoms with E-state index in [1.807, 2.05) is 32.0 Å². The standard InChI is InChI=1S/C16H17ClN2O/c1-4-8-18-10-12(3)19-11(2)9-13-6-5-7-14(17)15(13)16(19)20/h4-9,12H,1,10H2,2-3H3/b18-8-. The van der Waals surface area contributed by atoms with Gasteiger partial charge in [-0.25, -0.2) is 0 Å². The lowest BCUT2D eigenvalue weighted by molar-refractivity contribution is 0.533. The van der Waals surface area contributed by atoms with Gasteiger partial charge in [0.15, 0.2) is 0 Å². The van der Waals surface area contributed by atoms with Gasteiger partial charge in [-0.1, -0.05) is 36.4 Å². The first kappa shape index (κ1) is 14.5. The summed E-state index contributed by atoms with van der Waals surface area (Å²) in [5.74, 6) is 0. The highest BCUT2D eigenvalue weighted by atomic mass is 35.5. The van der Waals surface area contributed by atoms with Crippen molar-refractivity contribution in [2.24, 2.45) is 4.99 Å². The summed E-state index contributed by atoms with van der Waals surface area (Å²) in [5, 5.41) is 1.93.